The number of hydrogen-bond acceptors (Lipinski definition) is 11. The summed E-state index contributed by atoms with van der Waals surface area (Å²) in [6, 6.07) is 7.72. The highest BCUT2D eigenvalue weighted by molar-refractivity contribution is 7.52. The van der Waals surface area contributed by atoms with Gasteiger partial charge in [0.25, 0.3) is 0 Å². The first kappa shape index (κ1) is 29.2. The first-order valence-electron chi connectivity index (χ1n) is 13.5. The van der Waals surface area contributed by atoms with Crippen LogP contribution >= 0.6 is 7.75 Å². The minimum Gasteiger partial charge on any atom is -0.462 e. The second-order valence-electron chi connectivity index (χ2n) is 10.5. The predicted octanol–water partition coefficient (Wildman–Crippen LogP) is 3.77. The maximum atomic E-state index is 15.3. The molecule has 1 saturated heterocycles. The normalized spacial score (nSPS) is 22.9. The monoisotopic (exact) mass is 591 g/mol. The van der Waals surface area contributed by atoms with Gasteiger partial charge < -0.3 is 24.6 Å². The number of benzene rings is 1. The Labute approximate surface area is 237 Å². The molecule has 5 atom stereocenters. The molecule has 1 aliphatic carbocycles. The van der Waals surface area contributed by atoms with Crippen molar-refractivity contribution in [2.75, 3.05) is 24.3 Å². The molecule has 0 bridgehead atoms. The van der Waals surface area contributed by atoms with Crippen LogP contribution in [0.2, 0.25) is 0 Å². The van der Waals surface area contributed by atoms with Gasteiger partial charge in [-0.05, 0) is 45.7 Å². The van der Waals surface area contributed by atoms with Gasteiger partial charge in [-0.15, -0.1) is 0 Å². The molecule has 5 rings (SSSR count). The lowest BCUT2D eigenvalue weighted by Crippen LogP contribution is -2.36. The Hall–Kier alpha value is -3.32. The number of imidazole rings is 1. The van der Waals surface area contributed by atoms with Crippen molar-refractivity contribution in [3.8, 4) is 5.75 Å². The molecule has 1 aliphatic heterocycles. The number of anilines is 2. The van der Waals surface area contributed by atoms with Crippen LogP contribution in [0.25, 0.3) is 11.2 Å². The molecular weight excluding hydrogens is 556 g/mol. The van der Waals surface area contributed by atoms with Crippen LogP contribution in [0.1, 0.15) is 46.3 Å². The number of rotatable bonds is 12. The van der Waals surface area contributed by atoms with Crippen molar-refractivity contribution in [3.05, 3.63) is 36.7 Å². The fourth-order valence-electron chi connectivity index (χ4n) is 4.55. The van der Waals surface area contributed by atoms with Crippen LogP contribution < -0.4 is 20.2 Å². The van der Waals surface area contributed by atoms with Gasteiger partial charge in [0.2, 0.25) is 5.95 Å². The number of alkyl halides is 1. The number of nitrogens with one attached hydrogen (secondary N) is 1. The van der Waals surface area contributed by atoms with E-state index in [0.29, 0.717) is 23.0 Å². The van der Waals surface area contributed by atoms with Crippen molar-refractivity contribution in [3.63, 3.8) is 0 Å². The summed E-state index contributed by atoms with van der Waals surface area (Å²) in [6.45, 7) is 4.62. The Balaban J connectivity index is 1.30. The van der Waals surface area contributed by atoms with Crippen LogP contribution in [0.4, 0.5) is 16.2 Å². The molecule has 222 valence electrons. The third-order valence-corrected chi connectivity index (χ3v) is 8.35. The summed E-state index contributed by atoms with van der Waals surface area (Å²) < 4.78 is 53.1. The van der Waals surface area contributed by atoms with Crippen molar-refractivity contribution < 1.29 is 32.3 Å². The summed E-state index contributed by atoms with van der Waals surface area (Å²) >= 11 is 0. The third kappa shape index (κ3) is 6.78. The molecule has 0 spiro atoms. The molecule has 3 aromatic rings. The van der Waals surface area contributed by atoms with E-state index in [0.717, 1.165) is 12.8 Å². The fourth-order valence-corrected chi connectivity index (χ4v) is 6.07. The number of esters is 1. The van der Waals surface area contributed by atoms with Crippen LogP contribution in [-0.2, 0) is 23.4 Å². The van der Waals surface area contributed by atoms with Gasteiger partial charge in [0, 0.05) is 19.5 Å². The summed E-state index contributed by atoms with van der Waals surface area (Å²) in [5.41, 5.74) is 6.84. The molecule has 0 radical (unpaired) electrons. The molecule has 1 saturated carbocycles. The van der Waals surface area contributed by atoms with E-state index in [1.165, 1.54) is 17.8 Å². The molecule has 3 N–H and O–H groups in total. The van der Waals surface area contributed by atoms with Crippen molar-refractivity contribution >= 4 is 36.6 Å². The van der Waals surface area contributed by atoms with Crippen LogP contribution in [0.5, 0.6) is 5.75 Å². The lowest BCUT2D eigenvalue weighted by Gasteiger charge is -2.24. The van der Waals surface area contributed by atoms with Gasteiger partial charge in [0.05, 0.1) is 25.1 Å². The molecule has 2 aromatic heterocycles. The quantitative estimate of drug-likeness (QED) is 0.233. The number of carbonyl (C=O) groups excluding carboxylic acids is 1. The van der Waals surface area contributed by atoms with Crippen LogP contribution in [0, 0.1) is 0 Å². The van der Waals surface area contributed by atoms with E-state index in [-0.39, 0.29) is 30.8 Å². The molecule has 2 aliphatic rings. The molecule has 2 fully saturated rings. The molecule has 1 aromatic carbocycles. The summed E-state index contributed by atoms with van der Waals surface area (Å²) in [4.78, 5) is 27.5. The van der Waals surface area contributed by atoms with E-state index in [4.69, 9.17) is 24.3 Å². The summed E-state index contributed by atoms with van der Waals surface area (Å²) in [7, 11) is -2.21. The SMILES string of the molecule is CC(C)OC(=O)[C@H](C)N[P@@](=O)(OC[C@@H]1C[C@H](F)[C@H](n2cnc3c(N(C)C4CC4)nc(N)nc32)O1)Oc1ccccc1. The number of ether oxygens (including phenoxy) is 2. The second kappa shape index (κ2) is 11.9. The minimum atomic E-state index is -4.13. The van der Waals surface area contributed by atoms with E-state index >= 15 is 4.39 Å². The smallest absolute Gasteiger partial charge is 0.459 e. The number of hydrogen-bond donors (Lipinski definition) is 2. The minimum absolute atomic E-state index is 0.0456. The Morgan fingerprint density at radius 2 is 2.00 bits per heavy atom. The number of nitrogen functional groups attached to an aromatic ring is 1. The Bertz CT molecular complexity index is 1420. The number of nitrogens with zero attached hydrogens (tertiary/aromatic N) is 5. The van der Waals surface area contributed by atoms with Gasteiger partial charge in [0.1, 0.15) is 18.0 Å². The second-order valence-corrected chi connectivity index (χ2v) is 12.2. The predicted molar refractivity (Wildman–Crippen MR) is 149 cm³/mol. The van der Waals surface area contributed by atoms with Gasteiger partial charge in [-0.3, -0.25) is 13.9 Å². The standard InChI is InChI=1S/C26H35FN7O6P/c1-15(2)38-25(35)16(3)32-41(36,40-18-8-6-5-7-9-18)37-13-19-12-20(27)24(39-19)34-14-29-21-22(33(4)17-10-11-17)30-26(28)31-23(21)34/h5-9,14-17,19-20,24H,10-13H2,1-4H3,(H,32,36)(H2,28,30,31)/t16-,19-,20-,24+,41+/m0/s1. The van der Waals surface area contributed by atoms with Crippen molar-refractivity contribution in [1.29, 1.82) is 0 Å². The van der Waals surface area contributed by atoms with Gasteiger partial charge in [-0.1, -0.05) is 18.2 Å². The zero-order valence-corrected chi connectivity index (χ0v) is 24.2. The maximum Gasteiger partial charge on any atom is 0.459 e. The average Bonchev–Trinajstić information content (AvgIpc) is 3.59. The van der Waals surface area contributed by atoms with Crippen LogP contribution in [-0.4, -0.2) is 69.6 Å². The zero-order valence-electron chi connectivity index (χ0n) is 23.3. The molecule has 13 nitrogen and oxygen atoms in total. The summed E-state index contributed by atoms with van der Waals surface area (Å²) in [5.74, 6) is 0.263. The van der Waals surface area contributed by atoms with E-state index in [1.54, 1.807) is 44.2 Å². The van der Waals surface area contributed by atoms with Crippen molar-refractivity contribution in [2.45, 2.75) is 76.7 Å². The Morgan fingerprint density at radius 1 is 1.27 bits per heavy atom. The van der Waals surface area contributed by atoms with Crippen LogP contribution in [0.3, 0.4) is 0 Å². The highest BCUT2D eigenvalue weighted by Gasteiger charge is 2.41. The largest absolute Gasteiger partial charge is 0.462 e. The third-order valence-electron chi connectivity index (χ3n) is 6.71. The lowest BCUT2D eigenvalue weighted by molar-refractivity contribution is -0.149. The lowest BCUT2D eigenvalue weighted by atomic mass is 10.2. The van der Waals surface area contributed by atoms with Crippen molar-refractivity contribution in [2.24, 2.45) is 0 Å². The first-order valence-corrected chi connectivity index (χ1v) is 15.1. The van der Waals surface area contributed by atoms with E-state index in [9.17, 15) is 9.36 Å². The van der Waals surface area contributed by atoms with Gasteiger partial charge in [-0.25, -0.2) is 13.9 Å². The van der Waals surface area contributed by atoms with E-state index < -0.39 is 38.3 Å². The maximum absolute atomic E-state index is 15.3. The zero-order chi connectivity index (χ0) is 29.3. The molecule has 0 unspecified atom stereocenters. The highest BCUT2D eigenvalue weighted by Crippen LogP contribution is 2.46. The average molecular weight is 592 g/mol. The molecule has 0 amide bonds. The number of aromatic nitrogens is 4. The van der Waals surface area contributed by atoms with E-state index in [1.807, 2.05) is 11.9 Å². The summed E-state index contributed by atoms with van der Waals surface area (Å²) in [6.07, 6.45) is -0.148. The molecule has 41 heavy (non-hydrogen) atoms. The Morgan fingerprint density at radius 3 is 2.68 bits per heavy atom. The van der Waals surface area contributed by atoms with Gasteiger partial charge in [-0.2, -0.15) is 15.1 Å². The molecule has 3 heterocycles. The summed E-state index contributed by atoms with van der Waals surface area (Å²) in [5, 5.41) is 2.62. The highest BCUT2D eigenvalue weighted by atomic mass is 31.2. The molecular formula is C26H35FN7O6P. The fraction of sp³-hybridized carbons (Fsp3) is 0.538. The number of halogens is 1. The number of fused-ring (bicyclic) bond motifs is 1. The van der Waals surface area contributed by atoms with Crippen molar-refractivity contribution in [1.82, 2.24) is 24.6 Å². The van der Waals surface area contributed by atoms with Crippen LogP contribution in [0.15, 0.2) is 36.7 Å². The first-order chi connectivity index (χ1) is 19.5. The number of para-hydroxylation sites is 1. The van der Waals surface area contributed by atoms with E-state index in [2.05, 4.69) is 20.0 Å². The number of carbonyl (C=O) groups is 1. The number of nitrogens with two attached hydrogens (primary N) is 1. The molecule has 15 heteroatoms. The van der Waals surface area contributed by atoms with Gasteiger partial charge in [0.15, 0.2) is 23.2 Å². The Kier molecular flexibility index (Phi) is 8.46. The van der Waals surface area contributed by atoms with Gasteiger partial charge >= 0.3 is 13.7 Å². The topological polar surface area (TPSA) is 156 Å².